The van der Waals surface area contributed by atoms with Crippen LogP contribution in [0.2, 0.25) is 0 Å². The molecule has 0 radical (unpaired) electrons. The molecular weight excluding hydrogens is 379 g/mol. The van der Waals surface area contributed by atoms with Gasteiger partial charge in [-0.3, -0.25) is 14.6 Å². The Hall–Kier alpha value is -2.67. The Morgan fingerprint density at radius 3 is 2.69 bits per heavy atom. The number of fused-ring (bicyclic) bond motifs is 1. The molecule has 4 rings (SSSR count). The van der Waals surface area contributed by atoms with E-state index in [2.05, 4.69) is 16.8 Å². The van der Waals surface area contributed by atoms with Crippen molar-refractivity contribution in [3.8, 4) is 0 Å². The highest BCUT2D eigenvalue weighted by molar-refractivity contribution is 6.54. The predicted molar refractivity (Wildman–Crippen MR) is 106 cm³/mol. The molecule has 1 fully saturated rings. The van der Waals surface area contributed by atoms with Gasteiger partial charge >= 0.3 is 6.18 Å². The Balaban J connectivity index is 1.67. The zero-order valence-electron chi connectivity index (χ0n) is 16.1. The van der Waals surface area contributed by atoms with Crippen molar-refractivity contribution in [1.82, 2.24) is 4.90 Å². The maximum Gasteiger partial charge on any atom is 0.416 e. The minimum absolute atomic E-state index is 0.117. The van der Waals surface area contributed by atoms with Crippen molar-refractivity contribution in [1.29, 1.82) is 0 Å². The van der Waals surface area contributed by atoms with Crippen molar-refractivity contribution in [3.05, 3.63) is 59.7 Å². The number of para-hydroxylation sites is 1. The van der Waals surface area contributed by atoms with Crippen LogP contribution in [0.5, 0.6) is 0 Å². The number of rotatable bonds is 3. The zero-order chi connectivity index (χ0) is 20.6. The fourth-order valence-corrected chi connectivity index (χ4v) is 4.01. The number of carbonyl (C=O) groups excluding carboxylic acids is 1. The van der Waals surface area contributed by atoms with E-state index in [9.17, 15) is 18.0 Å². The third-order valence-corrected chi connectivity index (χ3v) is 5.39. The molecular formula is C22H22F3N3O. The van der Waals surface area contributed by atoms with Gasteiger partial charge in [0, 0.05) is 12.1 Å². The van der Waals surface area contributed by atoms with E-state index in [0.717, 1.165) is 37.3 Å². The van der Waals surface area contributed by atoms with Crippen LogP contribution in [0, 0.1) is 5.92 Å². The van der Waals surface area contributed by atoms with Crippen molar-refractivity contribution in [2.24, 2.45) is 10.9 Å². The number of anilines is 1. The van der Waals surface area contributed by atoms with E-state index < -0.39 is 11.7 Å². The van der Waals surface area contributed by atoms with Gasteiger partial charge in [-0.2, -0.15) is 13.2 Å². The summed E-state index contributed by atoms with van der Waals surface area (Å²) >= 11 is 0. The highest BCUT2D eigenvalue weighted by Crippen LogP contribution is 2.34. The SMILES string of the molecule is C[C@H]1CCCN(CN2C(=O)C(=Nc3cccc(C(F)(F)F)c3)c3ccccc32)C1. The molecule has 1 saturated heterocycles. The maximum atomic E-state index is 13.2. The number of hydrogen-bond acceptors (Lipinski definition) is 3. The van der Waals surface area contributed by atoms with E-state index in [1.165, 1.54) is 18.6 Å². The average molecular weight is 401 g/mol. The van der Waals surface area contributed by atoms with Gasteiger partial charge in [-0.1, -0.05) is 31.2 Å². The van der Waals surface area contributed by atoms with Gasteiger partial charge in [0.15, 0.2) is 0 Å². The van der Waals surface area contributed by atoms with Crippen molar-refractivity contribution >= 4 is 23.0 Å². The number of aliphatic imine (C=N–C) groups is 1. The van der Waals surface area contributed by atoms with E-state index >= 15 is 0 Å². The van der Waals surface area contributed by atoms with Gasteiger partial charge in [0.05, 0.1) is 23.6 Å². The molecule has 1 amide bonds. The summed E-state index contributed by atoms with van der Waals surface area (Å²) < 4.78 is 39.1. The van der Waals surface area contributed by atoms with Crippen LogP contribution in [-0.4, -0.2) is 36.3 Å². The lowest BCUT2D eigenvalue weighted by molar-refractivity contribution is -0.137. The summed E-state index contributed by atoms with van der Waals surface area (Å²) in [5, 5.41) is 0. The fourth-order valence-electron chi connectivity index (χ4n) is 4.01. The molecule has 0 aromatic heterocycles. The molecule has 2 aromatic rings. The summed E-state index contributed by atoms with van der Waals surface area (Å²) in [6.45, 7) is 4.51. The standard InChI is InChI=1S/C22H22F3N3O/c1-15-6-5-11-27(13-15)14-28-19-10-3-2-9-18(19)20(21(28)29)26-17-8-4-7-16(12-17)22(23,24)25/h2-4,7-10,12,15H,5-6,11,13-14H2,1H3/t15-/m0/s1. The van der Waals surface area contributed by atoms with Gasteiger partial charge in [0.25, 0.3) is 5.91 Å². The quantitative estimate of drug-likeness (QED) is 0.736. The van der Waals surface area contributed by atoms with Gasteiger partial charge in [0.2, 0.25) is 0 Å². The smallest absolute Gasteiger partial charge is 0.293 e. The second-order valence-electron chi connectivity index (χ2n) is 7.72. The van der Waals surface area contributed by atoms with Gasteiger partial charge in [0.1, 0.15) is 5.71 Å². The first-order valence-corrected chi connectivity index (χ1v) is 9.72. The molecule has 0 saturated carbocycles. The first-order chi connectivity index (χ1) is 13.8. The largest absolute Gasteiger partial charge is 0.416 e. The Bertz CT molecular complexity index is 954. The topological polar surface area (TPSA) is 35.9 Å². The number of halogens is 3. The third kappa shape index (κ3) is 4.05. The van der Waals surface area contributed by atoms with Gasteiger partial charge in [-0.25, -0.2) is 4.99 Å². The first kappa shape index (κ1) is 19.6. The lowest BCUT2D eigenvalue weighted by Crippen LogP contribution is -2.45. The molecule has 0 N–H and O–H groups in total. The van der Waals surface area contributed by atoms with Crippen molar-refractivity contribution in [2.75, 3.05) is 24.7 Å². The second-order valence-corrected chi connectivity index (χ2v) is 7.72. The minimum atomic E-state index is -4.45. The third-order valence-electron chi connectivity index (χ3n) is 5.39. The molecule has 0 unspecified atom stereocenters. The molecule has 0 spiro atoms. The Kier molecular flexibility index (Phi) is 5.17. The summed E-state index contributed by atoms with van der Waals surface area (Å²) in [4.78, 5) is 21.4. The molecule has 4 nitrogen and oxygen atoms in total. The molecule has 0 bridgehead atoms. The van der Waals surface area contributed by atoms with E-state index in [1.54, 1.807) is 17.0 Å². The van der Waals surface area contributed by atoms with E-state index in [0.29, 0.717) is 18.2 Å². The number of piperidine rings is 1. The van der Waals surface area contributed by atoms with Gasteiger partial charge < -0.3 is 0 Å². The monoisotopic (exact) mass is 401 g/mol. The highest BCUT2D eigenvalue weighted by Gasteiger charge is 2.35. The molecule has 152 valence electrons. The normalized spacial score (nSPS) is 21.7. The molecule has 0 aliphatic carbocycles. The summed E-state index contributed by atoms with van der Waals surface area (Å²) in [7, 11) is 0. The lowest BCUT2D eigenvalue weighted by Gasteiger charge is -2.33. The molecule has 2 aromatic carbocycles. The van der Waals surface area contributed by atoms with Crippen LogP contribution in [-0.2, 0) is 11.0 Å². The number of alkyl halides is 3. The summed E-state index contributed by atoms with van der Waals surface area (Å²) in [5.74, 6) is 0.303. The average Bonchev–Trinajstić information content (AvgIpc) is 2.94. The van der Waals surface area contributed by atoms with Crippen molar-refractivity contribution in [2.45, 2.75) is 25.9 Å². The van der Waals surface area contributed by atoms with Gasteiger partial charge in [-0.05, 0) is 49.6 Å². The fraction of sp³-hybridized carbons (Fsp3) is 0.364. The van der Waals surface area contributed by atoms with Gasteiger partial charge in [-0.15, -0.1) is 0 Å². The van der Waals surface area contributed by atoms with Crippen molar-refractivity contribution in [3.63, 3.8) is 0 Å². The maximum absolute atomic E-state index is 13.2. The van der Waals surface area contributed by atoms with E-state index in [1.807, 2.05) is 12.1 Å². The summed E-state index contributed by atoms with van der Waals surface area (Å²) in [6, 6.07) is 12.1. The van der Waals surface area contributed by atoms with Crippen LogP contribution in [0.25, 0.3) is 0 Å². The second kappa shape index (κ2) is 7.63. The highest BCUT2D eigenvalue weighted by atomic mass is 19.4. The predicted octanol–water partition coefficient (Wildman–Crippen LogP) is 4.86. The van der Waals surface area contributed by atoms with Crippen LogP contribution >= 0.6 is 0 Å². The molecule has 2 aliphatic rings. The zero-order valence-corrected chi connectivity index (χ0v) is 16.1. The molecule has 29 heavy (non-hydrogen) atoms. The number of likely N-dealkylation sites (tertiary alicyclic amines) is 1. The number of carbonyl (C=O) groups is 1. The molecule has 2 heterocycles. The van der Waals surface area contributed by atoms with Crippen LogP contribution in [0.4, 0.5) is 24.5 Å². The van der Waals surface area contributed by atoms with Crippen LogP contribution in [0.15, 0.2) is 53.5 Å². The number of nitrogens with zero attached hydrogens (tertiary/aromatic N) is 3. The van der Waals surface area contributed by atoms with E-state index in [4.69, 9.17) is 0 Å². The number of amides is 1. The Morgan fingerprint density at radius 1 is 1.14 bits per heavy atom. The minimum Gasteiger partial charge on any atom is -0.293 e. The lowest BCUT2D eigenvalue weighted by atomic mass is 10.0. The van der Waals surface area contributed by atoms with Crippen LogP contribution in [0.1, 0.15) is 30.9 Å². The number of hydrogen-bond donors (Lipinski definition) is 0. The summed E-state index contributed by atoms with van der Waals surface area (Å²) in [5.41, 5.74) is 0.926. The number of benzene rings is 2. The van der Waals surface area contributed by atoms with Crippen molar-refractivity contribution < 1.29 is 18.0 Å². The van der Waals surface area contributed by atoms with Crippen LogP contribution < -0.4 is 4.90 Å². The summed E-state index contributed by atoms with van der Waals surface area (Å²) in [6.07, 6.45) is -2.18. The molecule has 7 heteroatoms. The van der Waals surface area contributed by atoms with E-state index in [-0.39, 0.29) is 17.3 Å². The Labute approximate surface area is 167 Å². The first-order valence-electron chi connectivity index (χ1n) is 9.72. The molecule has 1 atom stereocenters. The Morgan fingerprint density at radius 2 is 1.93 bits per heavy atom. The van der Waals surface area contributed by atoms with Crippen LogP contribution in [0.3, 0.4) is 0 Å². The molecule has 2 aliphatic heterocycles.